The van der Waals surface area contributed by atoms with E-state index in [0.717, 1.165) is 17.8 Å². The Kier molecular flexibility index (Phi) is 5.46. The number of aryl methyl sites for hydroxylation is 3. The number of halogens is 2. The van der Waals surface area contributed by atoms with Gasteiger partial charge >= 0.3 is 0 Å². The summed E-state index contributed by atoms with van der Waals surface area (Å²) in [4.78, 5) is 18.8. The maximum Gasteiger partial charge on any atom is 0.257 e. The Morgan fingerprint density at radius 2 is 2.18 bits per heavy atom. The van der Waals surface area contributed by atoms with Crippen molar-refractivity contribution in [2.45, 2.75) is 39.0 Å². The van der Waals surface area contributed by atoms with Gasteiger partial charge in [-0.15, -0.1) is 11.3 Å². The third kappa shape index (κ3) is 3.69. The minimum atomic E-state index is -0.553. The first-order valence-electron chi connectivity index (χ1n) is 9.21. The maximum absolute atomic E-state index is 14.3. The second-order valence-corrected chi connectivity index (χ2v) is 8.32. The first-order chi connectivity index (χ1) is 13.5. The van der Waals surface area contributed by atoms with Crippen LogP contribution in [0.2, 0.25) is 5.02 Å². The number of hydrogen-bond donors (Lipinski definition) is 1. The lowest BCUT2D eigenvalue weighted by Gasteiger charge is -2.07. The molecule has 0 bridgehead atoms. The Hall–Kier alpha value is -2.25. The zero-order valence-electron chi connectivity index (χ0n) is 15.3. The molecule has 28 heavy (non-hydrogen) atoms. The summed E-state index contributed by atoms with van der Waals surface area (Å²) in [5, 5.41) is 7.94. The van der Waals surface area contributed by atoms with Gasteiger partial charge in [-0.05, 0) is 44.7 Å². The van der Waals surface area contributed by atoms with Crippen LogP contribution in [0.15, 0.2) is 22.7 Å². The summed E-state index contributed by atoms with van der Waals surface area (Å²) in [5.41, 5.74) is 1.59. The minimum Gasteiger partial charge on any atom is -0.360 e. The van der Waals surface area contributed by atoms with Gasteiger partial charge in [-0.25, -0.2) is 9.37 Å². The van der Waals surface area contributed by atoms with E-state index in [-0.39, 0.29) is 27.8 Å². The van der Waals surface area contributed by atoms with Crippen molar-refractivity contribution in [1.29, 1.82) is 0 Å². The van der Waals surface area contributed by atoms with Crippen LogP contribution in [0.1, 0.15) is 44.5 Å². The zero-order valence-corrected chi connectivity index (χ0v) is 16.9. The van der Waals surface area contributed by atoms with Crippen molar-refractivity contribution in [2.75, 3.05) is 6.54 Å². The minimum absolute atomic E-state index is 0.0683. The van der Waals surface area contributed by atoms with Crippen LogP contribution in [-0.4, -0.2) is 22.6 Å². The lowest BCUT2D eigenvalue weighted by atomic mass is 10.0. The van der Waals surface area contributed by atoms with E-state index in [0.29, 0.717) is 18.7 Å². The number of thiazole rings is 1. The van der Waals surface area contributed by atoms with Gasteiger partial charge in [-0.3, -0.25) is 4.79 Å². The molecule has 1 aromatic carbocycles. The number of hydrogen-bond acceptors (Lipinski definition) is 5. The highest BCUT2D eigenvalue weighted by molar-refractivity contribution is 7.11. The van der Waals surface area contributed by atoms with Crippen LogP contribution in [0.3, 0.4) is 0 Å². The predicted octanol–water partition coefficient (Wildman–Crippen LogP) is 4.75. The van der Waals surface area contributed by atoms with Gasteiger partial charge < -0.3 is 9.84 Å². The molecule has 0 aliphatic heterocycles. The Labute approximate surface area is 170 Å². The molecule has 0 unspecified atom stereocenters. The Balaban J connectivity index is 1.48. The van der Waals surface area contributed by atoms with Gasteiger partial charge in [-0.1, -0.05) is 22.8 Å². The molecule has 1 aliphatic rings. The standard InChI is InChI=1S/C20H19ClFN3O2S/c1-11-17(19(25-27-11)18-12(21)5-4-6-13(18)22)20(26)23-10-9-16-24-14-7-2-3-8-15(14)28-16/h4-6H,2-3,7-10H2,1H3,(H,23,26). The summed E-state index contributed by atoms with van der Waals surface area (Å²) in [6.07, 6.45) is 5.22. The molecule has 0 spiro atoms. The monoisotopic (exact) mass is 419 g/mol. The summed E-state index contributed by atoms with van der Waals surface area (Å²) in [5.74, 6) is -0.603. The van der Waals surface area contributed by atoms with Gasteiger partial charge in [0.25, 0.3) is 5.91 Å². The first kappa shape index (κ1) is 19.1. The molecule has 2 aromatic heterocycles. The Morgan fingerprint density at radius 3 is 2.96 bits per heavy atom. The topological polar surface area (TPSA) is 68.0 Å². The number of nitrogens with zero attached hydrogens (tertiary/aromatic N) is 2. The van der Waals surface area contributed by atoms with Gasteiger partial charge in [0.1, 0.15) is 22.8 Å². The molecule has 1 N–H and O–H groups in total. The second kappa shape index (κ2) is 8.01. The summed E-state index contributed by atoms with van der Waals surface area (Å²) < 4.78 is 19.4. The molecule has 0 saturated heterocycles. The highest BCUT2D eigenvalue weighted by Crippen LogP contribution is 2.33. The van der Waals surface area contributed by atoms with E-state index < -0.39 is 5.82 Å². The molecule has 4 rings (SSSR count). The molecule has 8 heteroatoms. The van der Waals surface area contributed by atoms with Gasteiger partial charge in [-0.2, -0.15) is 0 Å². The van der Waals surface area contributed by atoms with E-state index in [2.05, 4.69) is 15.5 Å². The molecule has 0 atom stereocenters. The van der Waals surface area contributed by atoms with Crippen molar-refractivity contribution in [3.05, 3.63) is 55.9 Å². The largest absolute Gasteiger partial charge is 0.360 e. The van der Waals surface area contributed by atoms with E-state index in [9.17, 15) is 9.18 Å². The SMILES string of the molecule is Cc1onc(-c2c(F)cccc2Cl)c1C(=O)NCCc1nc2c(s1)CCCC2. The molecule has 0 radical (unpaired) electrons. The van der Waals surface area contributed by atoms with Crippen LogP contribution in [0.4, 0.5) is 4.39 Å². The highest BCUT2D eigenvalue weighted by Gasteiger charge is 2.25. The van der Waals surface area contributed by atoms with E-state index in [4.69, 9.17) is 16.1 Å². The average Bonchev–Trinajstić information content (AvgIpc) is 3.24. The molecule has 146 valence electrons. The smallest absolute Gasteiger partial charge is 0.257 e. The summed E-state index contributed by atoms with van der Waals surface area (Å²) >= 11 is 7.86. The highest BCUT2D eigenvalue weighted by atomic mass is 35.5. The molecular formula is C20H19ClFN3O2S. The van der Waals surface area contributed by atoms with Crippen molar-refractivity contribution < 1.29 is 13.7 Å². The lowest BCUT2D eigenvalue weighted by Crippen LogP contribution is -2.26. The van der Waals surface area contributed by atoms with E-state index in [1.165, 1.54) is 35.5 Å². The number of carbonyl (C=O) groups is 1. The maximum atomic E-state index is 14.3. The van der Waals surface area contributed by atoms with Crippen molar-refractivity contribution in [3.63, 3.8) is 0 Å². The molecule has 1 aliphatic carbocycles. The molecule has 5 nitrogen and oxygen atoms in total. The Bertz CT molecular complexity index is 987. The van der Waals surface area contributed by atoms with Crippen LogP contribution >= 0.6 is 22.9 Å². The first-order valence-corrected chi connectivity index (χ1v) is 10.4. The van der Waals surface area contributed by atoms with Crippen molar-refractivity contribution in [2.24, 2.45) is 0 Å². The van der Waals surface area contributed by atoms with Gasteiger partial charge in [0.15, 0.2) is 0 Å². The number of rotatable bonds is 5. The summed E-state index contributed by atoms with van der Waals surface area (Å²) in [6.45, 7) is 2.05. The molecule has 3 aromatic rings. The number of carbonyl (C=O) groups excluding carboxylic acids is 1. The number of fused-ring (bicyclic) bond motifs is 1. The van der Waals surface area contributed by atoms with Crippen LogP contribution in [0.25, 0.3) is 11.3 Å². The molecule has 0 saturated carbocycles. The van der Waals surface area contributed by atoms with Gasteiger partial charge in [0.05, 0.1) is 21.3 Å². The summed E-state index contributed by atoms with van der Waals surface area (Å²) in [7, 11) is 0. The third-order valence-electron chi connectivity index (χ3n) is 4.80. The normalized spacial score (nSPS) is 13.4. The Morgan fingerprint density at radius 1 is 1.36 bits per heavy atom. The fourth-order valence-corrected chi connectivity index (χ4v) is 4.83. The third-order valence-corrected chi connectivity index (χ3v) is 6.34. The average molecular weight is 420 g/mol. The van der Waals surface area contributed by atoms with Crippen LogP contribution in [-0.2, 0) is 19.3 Å². The number of amides is 1. The number of nitrogens with one attached hydrogen (secondary N) is 1. The number of benzene rings is 1. The van der Waals surface area contributed by atoms with E-state index in [1.54, 1.807) is 24.3 Å². The van der Waals surface area contributed by atoms with Crippen molar-refractivity contribution in [1.82, 2.24) is 15.5 Å². The predicted molar refractivity (Wildman–Crippen MR) is 106 cm³/mol. The van der Waals surface area contributed by atoms with Crippen molar-refractivity contribution in [3.8, 4) is 11.3 Å². The van der Waals surface area contributed by atoms with Gasteiger partial charge in [0.2, 0.25) is 0 Å². The summed E-state index contributed by atoms with van der Waals surface area (Å²) in [6, 6.07) is 4.33. The van der Waals surface area contributed by atoms with Crippen molar-refractivity contribution >= 4 is 28.8 Å². The molecule has 2 heterocycles. The fourth-order valence-electron chi connectivity index (χ4n) is 3.42. The molecular weight excluding hydrogens is 401 g/mol. The number of aromatic nitrogens is 2. The van der Waals surface area contributed by atoms with Gasteiger partial charge in [0, 0.05) is 17.8 Å². The van der Waals surface area contributed by atoms with Crippen LogP contribution in [0.5, 0.6) is 0 Å². The van der Waals surface area contributed by atoms with Crippen LogP contribution in [0, 0.1) is 12.7 Å². The molecule has 0 fully saturated rings. The van der Waals surface area contributed by atoms with Crippen LogP contribution < -0.4 is 5.32 Å². The molecule has 1 amide bonds. The quantitative estimate of drug-likeness (QED) is 0.648. The second-order valence-electron chi connectivity index (χ2n) is 6.75. The zero-order chi connectivity index (χ0) is 19.7. The lowest BCUT2D eigenvalue weighted by molar-refractivity contribution is 0.0953. The van der Waals surface area contributed by atoms with E-state index in [1.807, 2.05) is 0 Å². The van der Waals surface area contributed by atoms with E-state index >= 15 is 0 Å². The fraction of sp³-hybridized carbons (Fsp3) is 0.350.